The van der Waals surface area contributed by atoms with Crippen molar-refractivity contribution in [3.63, 3.8) is 0 Å². The molecule has 8 nitrogen and oxygen atoms in total. The Balaban J connectivity index is 4.38. The lowest BCUT2D eigenvalue weighted by Crippen LogP contribution is -2.40. The van der Waals surface area contributed by atoms with Gasteiger partial charge in [-0.25, -0.2) is 9.59 Å². The monoisotopic (exact) mass is 346 g/mol. The molecule has 2 N–H and O–H groups in total. The summed E-state index contributed by atoms with van der Waals surface area (Å²) < 4.78 is 10.4. The van der Waals surface area contributed by atoms with Crippen molar-refractivity contribution in [2.24, 2.45) is 0 Å². The number of alkyl carbamates (subject to hydrolysis) is 1. The Morgan fingerprint density at radius 1 is 0.958 bits per heavy atom. The third-order valence-corrected chi connectivity index (χ3v) is 2.52. The average Bonchev–Trinajstić information content (AvgIpc) is 2.32. The van der Waals surface area contributed by atoms with Gasteiger partial charge in [-0.2, -0.15) is 0 Å². The molecule has 0 rings (SSSR count). The highest BCUT2D eigenvalue weighted by Crippen LogP contribution is 2.11. The second-order valence-corrected chi connectivity index (χ2v) is 7.39. The van der Waals surface area contributed by atoms with E-state index in [1.165, 1.54) is 4.90 Å². The lowest BCUT2D eigenvalue weighted by molar-refractivity contribution is -0.137. The largest absolute Gasteiger partial charge is 0.481 e. The van der Waals surface area contributed by atoms with Crippen LogP contribution in [0.5, 0.6) is 0 Å². The number of carboxylic acids is 1. The second kappa shape index (κ2) is 9.34. The zero-order chi connectivity index (χ0) is 19.0. The average molecular weight is 346 g/mol. The summed E-state index contributed by atoms with van der Waals surface area (Å²) in [5.41, 5.74) is -1.23. The van der Waals surface area contributed by atoms with Gasteiger partial charge in [-0.3, -0.25) is 4.79 Å². The molecule has 0 radical (unpaired) electrons. The zero-order valence-corrected chi connectivity index (χ0v) is 15.5. The van der Waals surface area contributed by atoms with Gasteiger partial charge in [0.25, 0.3) is 0 Å². The predicted octanol–water partition coefficient (Wildman–Crippen LogP) is 2.61. The fourth-order valence-electron chi connectivity index (χ4n) is 1.63. The van der Waals surface area contributed by atoms with Gasteiger partial charge in [0.2, 0.25) is 0 Å². The Morgan fingerprint density at radius 3 is 1.96 bits per heavy atom. The van der Waals surface area contributed by atoms with Crippen LogP contribution < -0.4 is 5.32 Å². The first kappa shape index (κ1) is 22.0. The van der Waals surface area contributed by atoms with Crippen molar-refractivity contribution in [1.82, 2.24) is 10.2 Å². The van der Waals surface area contributed by atoms with Crippen LogP contribution in [0.2, 0.25) is 0 Å². The molecule has 0 aromatic carbocycles. The van der Waals surface area contributed by atoms with E-state index in [1.54, 1.807) is 41.5 Å². The van der Waals surface area contributed by atoms with E-state index in [9.17, 15) is 14.4 Å². The van der Waals surface area contributed by atoms with E-state index < -0.39 is 29.4 Å². The van der Waals surface area contributed by atoms with Crippen LogP contribution in [0, 0.1) is 0 Å². The van der Waals surface area contributed by atoms with Crippen LogP contribution >= 0.6 is 0 Å². The zero-order valence-electron chi connectivity index (χ0n) is 15.5. The Bertz CT molecular complexity index is 437. The highest BCUT2D eigenvalue weighted by atomic mass is 16.6. The van der Waals surface area contributed by atoms with Crippen LogP contribution in [0.3, 0.4) is 0 Å². The van der Waals surface area contributed by atoms with Crippen molar-refractivity contribution in [3.05, 3.63) is 0 Å². The van der Waals surface area contributed by atoms with Gasteiger partial charge in [0.15, 0.2) is 0 Å². The molecule has 0 atom stereocenters. The molecule has 0 saturated heterocycles. The summed E-state index contributed by atoms with van der Waals surface area (Å²) >= 11 is 0. The first-order valence-corrected chi connectivity index (χ1v) is 7.97. The van der Waals surface area contributed by atoms with E-state index >= 15 is 0 Å². The van der Waals surface area contributed by atoms with Gasteiger partial charge in [0, 0.05) is 19.6 Å². The summed E-state index contributed by atoms with van der Waals surface area (Å²) in [6, 6.07) is 0. The van der Waals surface area contributed by atoms with Gasteiger partial charge in [0.1, 0.15) is 11.2 Å². The van der Waals surface area contributed by atoms with Crippen molar-refractivity contribution < 1.29 is 29.0 Å². The minimum Gasteiger partial charge on any atom is -0.481 e. The number of hydrogen-bond donors (Lipinski definition) is 2. The molecule has 0 fully saturated rings. The Labute approximate surface area is 143 Å². The van der Waals surface area contributed by atoms with Crippen LogP contribution in [-0.4, -0.2) is 59.0 Å². The molecule has 8 heteroatoms. The number of aliphatic carboxylic acids is 1. The van der Waals surface area contributed by atoms with E-state index in [1.807, 2.05) is 0 Å². The minimum atomic E-state index is -0.990. The fraction of sp³-hybridized carbons (Fsp3) is 0.812. The second-order valence-electron chi connectivity index (χ2n) is 7.39. The van der Waals surface area contributed by atoms with Gasteiger partial charge < -0.3 is 24.8 Å². The summed E-state index contributed by atoms with van der Waals surface area (Å²) in [5.74, 6) is -0.990. The molecule has 0 heterocycles. The quantitative estimate of drug-likeness (QED) is 0.687. The third-order valence-electron chi connectivity index (χ3n) is 2.52. The molecule has 0 aliphatic heterocycles. The molecule has 0 aromatic rings. The number of amides is 2. The van der Waals surface area contributed by atoms with E-state index in [4.69, 9.17) is 14.6 Å². The molecule has 0 aliphatic rings. The highest BCUT2D eigenvalue weighted by molar-refractivity contribution is 5.71. The normalized spacial score (nSPS) is 11.6. The van der Waals surface area contributed by atoms with Crippen molar-refractivity contribution >= 4 is 18.2 Å². The van der Waals surface area contributed by atoms with Crippen molar-refractivity contribution in [2.75, 3.05) is 19.6 Å². The SMILES string of the molecule is CC(C)(C)OC(=O)NCCCN(CCC(=O)O)C(=O)OC(C)(C)C. The maximum atomic E-state index is 12.1. The molecule has 140 valence electrons. The van der Waals surface area contributed by atoms with Gasteiger partial charge >= 0.3 is 18.2 Å². The third kappa shape index (κ3) is 12.5. The number of carboxylic acid groups (broad SMARTS) is 1. The number of rotatable bonds is 7. The number of nitrogens with zero attached hydrogens (tertiary/aromatic N) is 1. The van der Waals surface area contributed by atoms with E-state index in [-0.39, 0.29) is 19.5 Å². The standard InChI is InChI=1S/C16H30N2O6/c1-15(2,3)23-13(21)17-9-7-10-18(11-8-12(19)20)14(22)24-16(4,5)6/h7-11H2,1-6H3,(H,17,21)(H,19,20). The maximum absolute atomic E-state index is 12.1. The van der Waals surface area contributed by atoms with Gasteiger partial charge in [-0.1, -0.05) is 0 Å². The summed E-state index contributed by atoms with van der Waals surface area (Å²) in [6.07, 6.45) is -0.811. The van der Waals surface area contributed by atoms with Crippen LogP contribution in [0.15, 0.2) is 0 Å². The molecular formula is C16H30N2O6. The van der Waals surface area contributed by atoms with Crippen molar-refractivity contribution in [3.8, 4) is 0 Å². The molecular weight excluding hydrogens is 316 g/mol. The molecule has 0 aromatic heterocycles. The highest BCUT2D eigenvalue weighted by Gasteiger charge is 2.22. The number of hydrogen-bond acceptors (Lipinski definition) is 5. The van der Waals surface area contributed by atoms with Crippen LogP contribution in [0.1, 0.15) is 54.4 Å². The van der Waals surface area contributed by atoms with Crippen LogP contribution in [-0.2, 0) is 14.3 Å². The Hall–Kier alpha value is -1.99. The minimum absolute atomic E-state index is 0.0523. The summed E-state index contributed by atoms with van der Waals surface area (Å²) in [6.45, 7) is 11.2. The first-order valence-electron chi connectivity index (χ1n) is 7.97. The lowest BCUT2D eigenvalue weighted by Gasteiger charge is -2.27. The number of ether oxygens (including phenoxy) is 2. The fourth-order valence-corrected chi connectivity index (χ4v) is 1.63. The van der Waals surface area contributed by atoms with Crippen molar-refractivity contribution in [2.45, 2.75) is 65.6 Å². The summed E-state index contributed by atoms with van der Waals surface area (Å²) in [4.78, 5) is 35.7. The summed E-state index contributed by atoms with van der Waals surface area (Å²) in [5, 5.41) is 11.4. The number of nitrogens with one attached hydrogen (secondary N) is 1. The molecule has 0 saturated carbocycles. The van der Waals surface area contributed by atoms with E-state index in [2.05, 4.69) is 5.32 Å². The molecule has 24 heavy (non-hydrogen) atoms. The van der Waals surface area contributed by atoms with Crippen molar-refractivity contribution in [1.29, 1.82) is 0 Å². The smallest absolute Gasteiger partial charge is 0.410 e. The Kier molecular flexibility index (Phi) is 8.57. The molecule has 0 unspecified atom stereocenters. The van der Waals surface area contributed by atoms with Gasteiger partial charge in [-0.15, -0.1) is 0 Å². The van der Waals surface area contributed by atoms with Crippen LogP contribution in [0.25, 0.3) is 0 Å². The van der Waals surface area contributed by atoms with Gasteiger partial charge in [-0.05, 0) is 48.0 Å². The Morgan fingerprint density at radius 2 is 1.50 bits per heavy atom. The number of carbonyl (C=O) groups excluding carboxylic acids is 2. The maximum Gasteiger partial charge on any atom is 0.410 e. The van der Waals surface area contributed by atoms with E-state index in [0.717, 1.165) is 0 Å². The lowest BCUT2D eigenvalue weighted by atomic mass is 10.2. The van der Waals surface area contributed by atoms with E-state index in [0.29, 0.717) is 13.0 Å². The topological polar surface area (TPSA) is 105 Å². The summed E-state index contributed by atoms with van der Waals surface area (Å²) in [7, 11) is 0. The molecule has 2 amide bonds. The molecule has 0 spiro atoms. The van der Waals surface area contributed by atoms with Crippen LogP contribution in [0.4, 0.5) is 9.59 Å². The molecule has 0 aliphatic carbocycles. The predicted molar refractivity (Wildman–Crippen MR) is 88.9 cm³/mol. The molecule has 0 bridgehead atoms. The first-order chi connectivity index (χ1) is 10.8. The number of carbonyl (C=O) groups is 3. The van der Waals surface area contributed by atoms with Gasteiger partial charge in [0.05, 0.1) is 6.42 Å².